The summed E-state index contributed by atoms with van der Waals surface area (Å²) < 4.78 is 0. The third-order valence-electron chi connectivity index (χ3n) is 2.57. The Morgan fingerprint density at radius 2 is 2.33 bits per heavy atom. The molecule has 0 bridgehead atoms. The normalized spacial score (nSPS) is 14.5. The lowest BCUT2D eigenvalue weighted by Crippen LogP contribution is -2.19. The minimum atomic E-state index is -0.224. The van der Waals surface area contributed by atoms with E-state index in [2.05, 4.69) is 24.8 Å². The monoisotopic (exact) mass is 239 g/mol. The highest BCUT2D eigenvalue weighted by Gasteiger charge is 2.12. The van der Waals surface area contributed by atoms with Crippen molar-refractivity contribution in [3.05, 3.63) is 23.8 Å². The van der Waals surface area contributed by atoms with Gasteiger partial charge in [-0.3, -0.25) is 4.79 Å². The molecule has 80 valence electrons. The van der Waals surface area contributed by atoms with Crippen LogP contribution in [0, 0.1) is 0 Å². The van der Waals surface area contributed by atoms with Gasteiger partial charge in [-0.1, -0.05) is 12.6 Å². The molecule has 0 saturated carbocycles. The third kappa shape index (κ3) is 2.32. The highest BCUT2D eigenvalue weighted by molar-refractivity contribution is 7.99. The Kier molecular flexibility index (Phi) is 3.26. The Morgan fingerprint density at radius 1 is 1.53 bits per heavy atom. The fraction of sp³-hybridized carbons (Fsp3) is 0.364. The number of carbonyl (C=O) groups is 1. The van der Waals surface area contributed by atoms with Crippen molar-refractivity contribution in [3.63, 3.8) is 0 Å². The molecule has 0 unspecified atom stereocenters. The first kappa shape index (κ1) is 10.9. The maximum Gasteiger partial charge on any atom is 0.282 e. The van der Waals surface area contributed by atoms with E-state index in [1.54, 1.807) is 11.9 Å². The fourth-order valence-electron chi connectivity index (χ4n) is 1.67. The number of anilines is 1. The van der Waals surface area contributed by atoms with Crippen LogP contribution in [0.2, 0.25) is 0 Å². The van der Waals surface area contributed by atoms with Gasteiger partial charge in [-0.15, -0.1) is 11.8 Å². The molecule has 0 radical (unpaired) electrons. The number of amides is 1. The zero-order chi connectivity index (χ0) is 10.8. The van der Waals surface area contributed by atoms with Crippen molar-refractivity contribution in [2.45, 2.75) is 17.7 Å². The van der Waals surface area contributed by atoms with E-state index in [0.717, 1.165) is 12.1 Å². The molecule has 2 rings (SSSR count). The topological polar surface area (TPSA) is 20.3 Å². The van der Waals surface area contributed by atoms with Crippen molar-refractivity contribution in [1.82, 2.24) is 0 Å². The van der Waals surface area contributed by atoms with Gasteiger partial charge in [0.15, 0.2) is 0 Å². The van der Waals surface area contributed by atoms with Gasteiger partial charge in [0.1, 0.15) is 0 Å². The molecule has 1 heterocycles. The van der Waals surface area contributed by atoms with E-state index in [1.165, 1.54) is 22.6 Å². The summed E-state index contributed by atoms with van der Waals surface area (Å²) in [7, 11) is 1.74. The molecular weight excluding hydrogens is 226 g/mol. The SMILES string of the molecule is CN(C(=O)S)c1ccc2c(c1)CCCS2. The predicted molar refractivity (Wildman–Crippen MR) is 68.3 cm³/mol. The van der Waals surface area contributed by atoms with Crippen LogP contribution >= 0.6 is 24.4 Å². The summed E-state index contributed by atoms with van der Waals surface area (Å²) in [5, 5.41) is -0.224. The third-order valence-corrected chi connectivity index (χ3v) is 4.07. The first-order chi connectivity index (χ1) is 7.18. The van der Waals surface area contributed by atoms with Crippen LogP contribution in [0.3, 0.4) is 0 Å². The molecule has 1 amide bonds. The van der Waals surface area contributed by atoms with Gasteiger partial charge in [-0.2, -0.15) is 0 Å². The summed E-state index contributed by atoms with van der Waals surface area (Å²) >= 11 is 5.71. The number of aryl methyl sites for hydroxylation is 1. The van der Waals surface area contributed by atoms with Crippen molar-refractivity contribution in [2.75, 3.05) is 17.7 Å². The number of thioether (sulfide) groups is 1. The van der Waals surface area contributed by atoms with Crippen molar-refractivity contribution >= 4 is 35.3 Å². The number of nitrogens with zero attached hydrogens (tertiary/aromatic N) is 1. The van der Waals surface area contributed by atoms with E-state index in [1.807, 2.05) is 17.8 Å². The second-order valence-corrected chi connectivity index (χ2v) is 5.10. The van der Waals surface area contributed by atoms with Crippen LogP contribution in [-0.2, 0) is 6.42 Å². The number of fused-ring (bicyclic) bond motifs is 1. The standard InChI is InChI=1S/C11H13NOS2/c1-12(11(13)14)9-4-5-10-8(7-9)3-2-6-15-10/h4-5,7H,2-3,6H2,1H3,(H,13,14). The number of carbonyl (C=O) groups excluding carboxylic acids is 1. The van der Waals surface area contributed by atoms with Crippen molar-refractivity contribution < 1.29 is 4.79 Å². The van der Waals surface area contributed by atoms with Crippen molar-refractivity contribution in [1.29, 1.82) is 0 Å². The summed E-state index contributed by atoms with van der Waals surface area (Å²) in [6, 6.07) is 6.17. The van der Waals surface area contributed by atoms with E-state index >= 15 is 0 Å². The van der Waals surface area contributed by atoms with Gasteiger partial charge in [0.25, 0.3) is 5.24 Å². The second kappa shape index (κ2) is 4.49. The molecule has 0 aliphatic carbocycles. The molecule has 0 N–H and O–H groups in total. The lowest BCUT2D eigenvalue weighted by Gasteiger charge is -2.19. The van der Waals surface area contributed by atoms with Crippen LogP contribution in [-0.4, -0.2) is 18.0 Å². The van der Waals surface area contributed by atoms with Gasteiger partial charge >= 0.3 is 0 Å². The van der Waals surface area contributed by atoms with Crippen molar-refractivity contribution in [2.24, 2.45) is 0 Å². The van der Waals surface area contributed by atoms with Crippen LogP contribution < -0.4 is 4.90 Å². The molecule has 1 aromatic carbocycles. The van der Waals surface area contributed by atoms with Gasteiger partial charge in [0.05, 0.1) is 0 Å². The van der Waals surface area contributed by atoms with Gasteiger partial charge in [0, 0.05) is 17.6 Å². The Bertz CT molecular complexity index is 392. The van der Waals surface area contributed by atoms with E-state index in [9.17, 15) is 4.79 Å². The Hall–Kier alpha value is -0.610. The number of rotatable bonds is 1. The van der Waals surface area contributed by atoms with E-state index in [-0.39, 0.29) is 5.24 Å². The maximum absolute atomic E-state index is 11.1. The molecule has 2 nitrogen and oxygen atoms in total. The summed E-state index contributed by atoms with van der Waals surface area (Å²) in [6.07, 6.45) is 2.34. The minimum absolute atomic E-state index is 0.224. The smallest absolute Gasteiger partial charge is 0.282 e. The fourth-order valence-corrected chi connectivity index (χ4v) is 2.80. The summed E-state index contributed by atoms with van der Waals surface area (Å²) in [5.74, 6) is 1.20. The molecule has 15 heavy (non-hydrogen) atoms. The molecule has 0 atom stereocenters. The zero-order valence-corrected chi connectivity index (χ0v) is 10.3. The van der Waals surface area contributed by atoms with Gasteiger partial charge in [-0.05, 0) is 42.4 Å². The molecule has 4 heteroatoms. The highest BCUT2D eigenvalue weighted by Crippen LogP contribution is 2.32. The second-order valence-electron chi connectivity index (χ2n) is 3.59. The average molecular weight is 239 g/mol. The molecule has 1 aromatic rings. The molecule has 1 aliphatic heterocycles. The molecule has 0 aromatic heterocycles. The summed E-state index contributed by atoms with van der Waals surface area (Å²) in [6.45, 7) is 0. The van der Waals surface area contributed by atoms with Gasteiger partial charge in [-0.25, -0.2) is 0 Å². The van der Waals surface area contributed by atoms with E-state index in [0.29, 0.717) is 0 Å². The number of benzene rings is 1. The summed E-state index contributed by atoms with van der Waals surface area (Å²) in [5.41, 5.74) is 2.28. The molecule has 0 fully saturated rings. The van der Waals surface area contributed by atoms with Crippen molar-refractivity contribution in [3.8, 4) is 0 Å². The van der Waals surface area contributed by atoms with Crippen LogP contribution in [0.25, 0.3) is 0 Å². The lowest BCUT2D eigenvalue weighted by atomic mass is 10.1. The van der Waals surface area contributed by atoms with E-state index < -0.39 is 0 Å². The Morgan fingerprint density at radius 3 is 3.07 bits per heavy atom. The molecule has 1 aliphatic rings. The minimum Gasteiger partial charge on any atom is -0.307 e. The number of hydrogen-bond donors (Lipinski definition) is 1. The zero-order valence-electron chi connectivity index (χ0n) is 8.56. The molecule has 0 spiro atoms. The van der Waals surface area contributed by atoms with Crippen LogP contribution in [0.4, 0.5) is 10.5 Å². The van der Waals surface area contributed by atoms with Gasteiger partial charge in [0.2, 0.25) is 0 Å². The number of hydrogen-bond acceptors (Lipinski definition) is 2. The number of thiol groups is 1. The van der Waals surface area contributed by atoms with E-state index in [4.69, 9.17) is 0 Å². The first-order valence-corrected chi connectivity index (χ1v) is 6.34. The highest BCUT2D eigenvalue weighted by atomic mass is 32.2. The Labute approximate surface area is 99.4 Å². The predicted octanol–water partition coefficient (Wildman–Crippen LogP) is 3.21. The first-order valence-electron chi connectivity index (χ1n) is 4.91. The van der Waals surface area contributed by atoms with Crippen LogP contribution in [0.5, 0.6) is 0 Å². The summed E-state index contributed by atoms with van der Waals surface area (Å²) in [4.78, 5) is 14.0. The Balaban J connectivity index is 2.31. The quantitative estimate of drug-likeness (QED) is 0.759. The van der Waals surface area contributed by atoms with Crippen LogP contribution in [0.15, 0.2) is 23.1 Å². The van der Waals surface area contributed by atoms with Gasteiger partial charge < -0.3 is 4.90 Å². The average Bonchev–Trinajstić information content (AvgIpc) is 2.27. The largest absolute Gasteiger partial charge is 0.307 e. The molecule has 0 saturated heterocycles. The maximum atomic E-state index is 11.1. The lowest BCUT2D eigenvalue weighted by molar-refractivity contribution is 0.266. The molecular formula is C11H13NOS2. The van der Waals surface area contributed by atoms with Crippen LogP contribution in [0.1, 0.15) is 12.0 Å².